The molecule has 10 heteroatoms. The summed E-state index contributed by atoms with van der Waals surface area (Å²) in [6.07, 6.45) is 4.25. The highest BCUT2D eigenvalue weighted by atomic mass is 32.2. The second-order valence-corrected chi connectivity index (χ2v) is 8.72. The van der Waals surface area contributed by atoms with Crippen molar-refractivity contribution in [3.05, 3.63) is 42.5 Å². The van der Waals surface area contributed by atoms with Gasteiger partial charge in [0.15, 0.2) is 0 Å². The number of sulfonamides is 1. The van der Waals surface area contributed by atoms with Gasteiger partial charge >= 0.3 is 0 Å². The molecule has 1 fully saturated rings. The van der Waals surface area contributed by atoms with Gasteiger partial charge in [-0.25, -0.2) is 13.4 Å². The number of imidazole rings is 1. The first-order valence-electron chi connectivity index (χ1n) is 8.92. The van der Waals surface area contributed by atoms with Gasteiger partial charge in [-0.05, 0) is 37.1 Å². The van der Waals surface area contributed by atoms with Crippen LogP contribution in [0.1, 0.15) is 30.3 Å². The number of nitrogens with one attached hydrogen (secondary N) is 2. The summed E-state index contributed by atoms with van der Waals surface area (Å²) in [5, 5.41) is 5.52. The van der Waals surface area contributed by atoms with Crippen LogP contribution in [0.5, 0.6) is 0 Å². The molecule has 3 rings (SSSR count). The minimum Gasteiger partial charge on any atom is -0.348 e. The maximum Gasteiger partial charge on any atom is 0.271 e. The molecule has 1 aromatic heterocycles. The van der Waals surface area contributed by atoms with Crippen LogP contribution in [0.25, 0.3) is 0 Å². The summed E-state index contributed by atoms with van der Waals surface area (Å²) in [6, 6.07) is 6.00. The zero-order chi connectivity index (χ0) is 20.3. The summed E-state index contributed by atoms with van der Waals surface area (Å²) in [5.74, 6) is -0.471. The number of piperidine rings is 1. The van der Waals surface area contributed by atoms with Crippen molar-refractivity contribution in [3.63, 3.8) is 0 Å². The second-order valence-electron chi connectivity index (χ2n) is 6.78. The lowest BCUT2D eigenvalue weighted by Gasteiger charge is -2.31. The van der Waals surface area contributed by atoms with Gasteiger partial charge in [-0.15, -0.1) is 0 Å². The van der Waals surface area contributed by atoms with Crippen molar-refractivity contribution in [3.8, 4) is 0 Å². The van der Waals surface area contributed by atoms with E-state index in [0.717, 1.165) is 0 Å². The highest BCUT2D eigenvalue weighted by Gasteiger charge is 2.30. The number of hydrogen-bond acceptors (Lipinski definition) is 5. The third-order valence-corrected chi connectivity index (χ3v) is 6.45. The van der Waals surface area contributed by atoms with Gasteiger partial charge in [0, 0.05) is 45.0 Å². The summed E-state index contributed by atoms with van der Waals surface area (Å²) in [4.78, 5) is 27.5. The topological polar surface area (TPSA) is 113 Å². The summed E-state index contributed by atoms with van der Waals surface area (Å²) < 4.78 is 28.7. The smallest absolute Gasteiger partial charge is 0.271 e. The number of nitrogens with zero attached hydrogens (tertiary/aromatic N) is 3. The van der Waals surface area contributed by atoms with E-state index in [0.29, 0.717) is 37.3 Å². The van der Waals surface area contributed by atoms with Gasteiger partial charge in [0.1, 0.15) is 5.69 Å². The van der Waals surface area contributed by atoms with Crippen LogP contribution in [0.4, 0.5) is 5.69 Å². The molecule has 1 aliphatic rings. The maximum atomic E-state index is 12.8. The van der Waals surface area contributed by atoms with E-state index in [1.807, 2.05) is 0 Å². The number of benzene rings is 1. The number of carbonyl (C=O) groups is 2. The third kappa shape index (κ3) is 4.57. The van der Waals surface area contributed by atoms with Crippen LogP contribution in [0.15, 0.2) is 41.7 Å². The lowest BCUT2D eigenvalue weighted by molar-refractivity contribution is -0.114. The Balaban J connectivity index is 1.58. The van der Waals surface area contributed by atoms with Gasteiger partial charge in [-0.3, -0.25) is 9.59 Å². The first kappa shape index (κ1) is 20.0. The van der Waals surface area contributed by atoms with Gasteiger partial charge < -0.3 is 15.2 Å². The fraction of sp³-hybridized carbons (Fsp3) is 0.389. The first-order chi connectivity index (χ1) is 13.3. The summed E-state index contributed by atoms with van der Waals surface area (Å²) in [6.45, 7) is 2.04. The van der Waals surface area contributed by atoms with E-state index in [9.17, 15) is 18.0 Å². The molecule has 9 nitrogen and oxygen atoms in total. The minimum atomic E-state index is -3.62. The molecule has 28 heavy (non-hydrogen) atoms. The molecule has 0 atom stereocenters. The quantitative estimate of drug-likeness (QED) is 0.769. The van der Waals surface area contributed by atoms with E-state index in [4.69, 9.17) is 0 Å². The zero-order valence-corrected chi connectivity index (χ0v) is 16.6. The summed E-state index contributed by atoms with van der Waals surface area (Å²) in [7, 11) is -1.83. The lowest BCUT2D eigenvalue weighted by atomic mass is 10.1. The Morgan fingerprint density at radius 2 is 1.79 bits per heavy atom. The summed E-state index contributed by atoms with van der Waals surface area (Å²) >= 11 is 0. The highest BCUT2D eigenvalue weighted by molar-refractivity contribution is 7.89. The van der Waals surface area contributed by atoms with Crippen molar-refractivity contribution in [1.29, 1.82) is 0 Å². The number of aryl methyl sites for hydroxylation is 1. The second kappa shape index (κ2) is 8.11. The van der Waals surface area contributed by atoms with Crippen molar-refractivity contribution in [1.82, 2.24) is 19.2 Å². The molecular weight excluding hydrogens is 382 g/mol. The van der Waals surface area contributed by atoms with Crippen LogP contribution in [0, 0.1) is 0 Å². The van der Waals surface area contributed by atoms with Crippen molar-refractivity contribution < 1.29 is 18.0 Å². The Bertz CT molecular complexity index is 960. The molecule has 1 saturated heterocycles. The van der Waals surface area contributed by atoms with Crippen molar-refractivity contribution >= 4 is 27.5 Å². The van der Waals surface area contributed by atoms with Crippen LogP contribution >= 0.6 is 0 Å². The van der Waals surface area contributed by atoms with Gasteiger partial charge in [0.05, 0.1) is 11.2 Å². The normalized spacial score (nSPS) is 15.9. The van der Waals surface area contributed by atoms with Gasteiger partial charge in [-0.2, -0.15) is 4.31 Å². The van der Waals surface area contributed by atoms with Crippen LogP contribution in [0.3, 0.4) is 0 Å². The monoisotopic (exact) mass is 405 g/mol. The Morgan fingerprint density at radius 3 is 2.32 bits per heavy atom. The van der Waals surface area contributed by atoms with E-state index in [1.54, 1.807) is 36.3 Å². The van der Waals surface area contributed by atoms with E-state index in [2.05, 4.69) is 15.6 Å². The molecule has 2 heterocycles. The van der Waals surface area contributed by atoms with Gasteiger partial charge in [0.2, 0.25) is 15.9 Å². The molecule has 0 unspecified atom stereocenters. The molecule has 150 valence electrons. The van der Waals surface area contributed by atoms with Gasteiger partial charge in [-0.1, -0.05) is 0 Å². The number of aromatic nitrogens is 2. The van der Waals surface area contributed by atoms with Crippen molar-refractivity contribution in [2.24, 2.45) is 7.05 Å². The van der Waals surface area contributed by atoms with Crippen molar-refractivity contribution in [2.75, 3.05) is 18.4 Å². The Labute approximate surface area is 163 Å². The average Bonchev–Trinajstić information content (AvgIpc) is 3.09. The number of carbonyl (C=O) groups excluding carboxylic acids is 2. The molecule has 0 bridgehead atoms. The first-order valence-corrected chi connectivity index (χ1v) is 10.4. The van der Waals surface area contributed by atoms with E-state index in [-0.39, 0.29) is 22.8 Å². The number of rotatable bonds is 5. The van der Waals surface area contributed by atoms with Crippen LogP contribution in [0.2, 0.25) is 0 Å². The molecule has 0 spiro atoms. The van der Waals surface area contributed by atoms with E-state index < -0.39 is 10.0 Å². The minimum absolute atomic E-state index is 0.0944. The molecule has 2 amide bonds. The van der Waals surface area contributed by atoms with Crippen molar-refractivity contribution in [2.45, 2.75) is 30.7 Å². The molecule has 0 aliphatic carbocycles. The molecule has 1 aliphatic heterocycles. The fourth-order valence-electron chi connectivity index (χ4n) is 3.09. The predicted octanol–water partition coefficient (Wildman–Crippen LogP) is 0.962. The number of anilines is 1. The number of hydrogen-bond donors (Lipinski definition) is 2. The maximum absolute atomic E-state index is 12.8. The van der Waals surface area contributed by atoms with Gasteiger partial charge in [0.25, 0.3) is 5.91 Å². The SMILES string of the molecule is CC(=O)Nc1ccc(S(=O)(=O)N2CCC(NC(=O)c3cn(C)cn3)CC2)cc1. The highest BCUT2D eigenvalue weighted by Crippen LogP contribution is 2.22. The van der Waals surface area contributed by atoms with E-state index >= 15 is 0 Å². The Hall–Kier alpha value is -2.72. The van der Waals surface area contributed by atoms with Crippen LogP contribution in [-0.4, -0.2) is 53.2 Å². The molecule has 0 radical (unpaired) electrons. The van der Waals surface area contributed by atoms with Crippen LogP contribution in [-0.2, 0) is 21.9 Å². The summed E-state index contributed by atoms with van der Waals surface area (Å²) in [5.41, 5.74) is 0.888. The Kier molecular flexibility index (Phi) is 5.80. The average molecular weight is 405 g/mol. The fourth-order valence-corrected chi connectivity index (χ4v) is 4.56. The zero-order valence-electron chi connectivity index (χ0n) is 15.8. The molecule has 1 aromatic carbocycles. The molecule has 2 N–H and O–H groups in total. The Morgan fingerprint density at radius 1 is 1.14 bits per heavy atom. The molecular formula is C18H23N5O4S. The predicted molar refractivity (Wildman–Crippen MR) is 103 cm³/mol. The molecule has 0 saturated carbocycles. The molecule has 2 aromatic rings. The number of amides is 2. The largest absolute Gasteiger partial charge is 0.348 e. The standard InChI is InChI=1S/C18H23N5O4S/c1-13(24)20-14-3-5-16(6-4-14)28(26,27)23-9-7-15(8-10-23)21-18(25)17-11-22(2)12-19-17/h3-6,11-12,15H,7-10H2,1-2H3,(H,20,24)(H,21,25). The lowest BCUT2D eigenvalue weighted by Crippen LogP contribution is -2.46. The third-order valence-electron chi connectivity index (χ3n) is 4.54. The van der Waals surface area contributed by atoms with E-state index in [1.165, 1.54) is 23.4 Å². The van der Waals surface area contributed by atoms with Crippen LogP contribution < -0.4 is 10.6 Å².